The van der Waals surface area contributed by atoms with Crippen molar-refractivity contribution in [2.45, 2.75) is 33.4 Å². The molecular formula is C12H16N2OS. The van der Waals surface area contributed by atoms with Gasteiger partial charge < -0.3 is 5.11 Å². The van der Waals surface area contributed by atoms with Crippen LogP contribution in [0.15, 0.2) is 18.2 Å². The van der Waals surface area contributed by atoms with Crippen LogP contribution in [0.2, 0.25) is 0 Å². The Kier molecular flexibility index (Phi) is 3.12. The van der Waals surface area contributed by atoms with Crippen molar-refractivity contribution in [1.82, 2.24) is 9.78 Å². The minimum atomic E-state index is -0.556. The molecule has 86 valence electrons. The molecule has 2 aromatic heterocycles. The molecule has 1 unspecified atom stereocenters. The van der Waals surface area contributed by atoms with E-state index in [9.17, 15) is 5.11 Å². The molecule has 4 heteroatoms. The fraction of sp³-hybridized carbons (Fsp3) is 0.417. The van der Waals surface area contributed by atoms with Crippen LogP contribution in [-0.2, 0) is 6.54 Å². The topological polar surface area (TPSA) is 38.0 Å². The van der Waals surface area contributed by atoms with Crippen molar-refractivity contribution in [3.8, 4) is 0 Å². The quantitative estimate of drug-likeness (QED) is 0.889. The highest BCUT2D eigenvalue weighted by Gasteiger charge is 2.17. The number of aryl methyl sites for hydroxylation is 3. The fourth-order valence-corrected chi connectivity index (χ4v) is 2.66. The minimum absolute atomic E-state index is 0.556. The van der Waals surface area contributed by atoms with Crippen molar-refractivity contribution in [2.75, 3.05) is 0 Å². The lowest BCUT2D eigenvalue weighted by Gasteiger charge is -2.10. The molecule has 0 aromatic carbocycles. The van der Waals surface area contributed by atoms with Crippen LogP contribution in [0.25, 0.3) is 0 Å². The van der Waals surface area contributed by atoms with E-state index in [-0.39, 0.29) is 0 Å². The maximum atomic E-state index is 10.3. The van der Waals surface area contributed by atoms with Crippen LogP contribution in [0.5, 0.6) is 0 Å². The summed E-state index contributed by atoms with van der Waals surface area (Å²) in [6.07, 6.45) is -0.556. The molecule has 0 aliphatic heterocycles. The molecule has 0 spiro atoms. The van der Waals surface area contributed by atoms with Crippen molar-refractivity contribution in [1.29, 1.82) is 0 Å². The van der Waals surface area contributed by atoms with E-state index in [4.69, 9.17) is 0 Å². The molecule has 1 N–H and O–H groups in total. The second-order valence-electron chi connectivity index (χ2n) is 3.88. The summed E-state index contributed by atoms with van der Waals surface area (Å²) in [6, 6.07) is 5.96. The average Bonchev–Trinajstić information content (AvgIpc) is 2.83. The van der Waals surface area contributed by atoms with Gasteiger partial charge in [0, 0.05) is 16.3 Å². The smallest absolute Gasteiger partial charge is 0.130 e. The molecular weight excluding hydrogens is 220 g/mol. The number of rotatable bonds is 3. The van der Waals surface area contributed by atoms with Gasteiger partial charge >= 0.3 is 0 Å². The second kappa shape index (κ2) is 4.39. The van der Waals surface area contributed by atoms with E-state index in [1.54, 1.807) is 11.3 Å². The Labute approximate surface area is 99.4 Å². The van der Waals surface area contributed by atoms with Gasteiger partial charge in [-0.1, -0.05) is 0 Å². The summed E-state index contributed by atoms with van der Waals surface area (Å²) in [4.78, 5) is 2.19. The Bertz CT molecular complexity index is 487. The molecule has 16 heavy (non-hydrogen) atoms. The first-order valence-electron chi connectivity index (χ1n) is 5.40. The molecule has 0 aliphatic carbocycles. The Morgan fingerprint density at radius 2 is 2.19 bits per heavy atom. The molecule has 0 saturated heterocycles. The number of hydrogen-bond donors (Lipinski definition) is 1. The van der Waals surface area contributed by atoms with Gasteiger partial charge in [0.1, 0.15) is 6.10 Å². The number of nitrogens with zero attached hydrogens (tertiary/aromatic N) is 2. The summed E-state index contributed by atoms with van der Waals surface area (Å²) in [5.74, 6) is 0. The van der Waals surface area contributed by atoms with Gasteiger partial charge in [0.25, 0.3) is 0 Å². The molecule has 0 aliphatic rings. The summed E-state index contributed by atoms with van der Waals surface area (Å²) in [6.45, 7) is 6.80. The van der Waals surface area contributed by atoms with Crippen LogP contribution in [0, 0.1) is 13.8 Å². The summed E-state index contributed by atoms with van der Waals surface area (Å²) >= 11 is 1.63. The van der Waals surface area contributed by atoms with E-state index >= 15 is 0 Å². The van der Waals surface area contributed by atoms with Crippen LogP contribution in [0.1, 0.15) is 34.2 Å². The van der Waals surface area contributed by atoms with E-state index in [1.807, 2.05) is 43.7 Å². The standard InChI is InChI=1S/C12H16N2OS/c1-4-14-10(7-8(2)13-14)12(15)11-6-5-9(3)16-11/h5-7,12,15H,4H2,1-3H3. The normalized spacial score (nSPS) is 13.0. The largest absolute Gasteiger partial charge is 0.381 e. The number of thiophene rings is 1. The maximum Gasteiger partial charge on any atom is 0.130 e. The highest BCUT2D eigenvalue weighted by molar-refractivity contribution is 7.12. The van der Waals surface area contributed by atoms with Gasteiger partial charge in [0.05, 0.1) is 11.4 Å². The zero-order valence-electron chi connectivity index (χ0n) is 9.77. The van der Waals surface area contributed by atoms with E-state index < -0.39 is 6.10 Å². The lowest BCUT2D eigenvalue weighted by molar-refractivity contribution is 0.212. The number of aliphatic hydroxyl groups excluding tert-OH is 1. The van der Waals surface area contributed by atoms with Gasteiger partial charge in [-0.25, -0.2) is 0 Å². The third kappa shape index (κ3) is 2.03. The Hall–Kier alpha value is -1.13. The van der Waals surface area contributed by atoms with Gasteiger partial charge in [0.15, 0.2) is 0 Å². The van der Waals surface area contributed by atoms with Gasteiger partial charge in [-0.15, -0.1) is 11.3 Å². The zero-order valence-corrected chi connectivity index (χ0v) is 10.6. The Balaban J connectivity index is 2.36. The van der Waals surface area contributed by atoms with E-state index in [2.05, 4.69) is 5.10 Å². The molecule has 2 rings (SSSR count). The Morgan fingerprint density at radius 1 is 1.44 bits per heavy atom. The summed E-state index contributed by atoms with van der Waals surface area (Å²) in [5.41, 5.74) is 1.83. The number of aliphatic hydroxyl groups is 1. The predicted molar refractivity (Wildman–Crippen MR) is 65.8 cm³/mol. The highest BCUT2D eigenvalue weighted by Crippen LogP contribution is 2.28. The van der Waals surface area contributed by atoms with Crippen molar-refractivity contribution in [3.05, 3.63) is 39.3 Å². The maximum absolute atomic E-state index is 10.3. The monoisotopic (exact) mass is 236 g/mol. The van der Waals surface area contributed by atoms with Gasteiger partial charge in [0.2, 0.25) is 0 Å². The molecule has 1 atom stereocenters. The fourth-order valence-electron chi connectivity index (χ4n) is 1.79. The van der Waals surface area contributed by atoms with E-state index in [0.29, 0.717) is 0 Å². The molecule has 2 heterocycles. The van der Waals surface area contributed by atoms with E-state index in [0.717, 1.165) is 22.8 Å². The average molecular weight is 236 g/mol. The van der Waals surface area contributed by atoms with Crippen molar-refractivity contribution < 1.29 is 5.11 Å². The van der Waals surface area contributed by atoms with Crippen LogP contribution in [0.4, 0.5) is 0 Å². The third-order valence-electron chi connectivity index (χ3n) is 2.54. The molecule has 3 nitrogen and oxygen atoms in total. The van der Waals surface area contributed by atoms with Crippen molar-refractivity contribution in [3.63, 3.8) is 0 Å². The SMILES string of the molecule is CCn1nc(C)cc1C(O)c1ccc(C)s1. The lowest BCUT2D eigenvalue weighted by Crippen LogP contribution is -2.07. The predicted octanol–water partition coefficient (Wildman–Crippen LogP) is 2.66. The van der Waals surface area contributed by atoms with Crippen LogP contribution >= 0.6 is 11.3 Å². The first kappa shape index (κ1) is 11.4. The third-order valence-corrected chi connectivity index (χ3v) is 3.60. The molecule has 0 fully saturated rings. The van der Waals surface area contributed by atoms with Gasteiger partial charge in [-0.3, -0.25) is 4.68 Å². The molecule has 0 amide bonds. The number of hydrogen-bond acceptors (Lipinski definition) is 3. The highest BCUT2D eigenvalue weighted by atomic mass is 32.1. The lowest BCUT2D eigenvalue weighted by atomic mass is 10.2. The molecule has 0 bridgehead atoms. The first-order chi connectivity index (χ1) is 7.61. The summed E-state index contributed by atoms with van der Waals surface area (Å²) < 4.78 is 1.86. The second-order valence-corrected chi connectivity index (χ2v) is 5.20. The van der Waals surface area contributed by atoms with E-state index in [1.165, 1.54) is 4.88 Å². The molecule has 0 radical (unpaired) electrons. The molecule has 2 aromatic rings. The van der Waals surface area contributed by atoms with Crippen LogP contribution in [0.3, 0.4) is 0 Å². The van der Waals surface area contributed by atoms with Crippen molar-refractivity contribution in [2.24, 2.45) is 0 Å². The van der Waals surface area contributed by atoms with Crippen LogP contribution < -0.4 is 0 Å². The summed E-state index contributed by atoms with van der Waals surface area (Å²) in [7, 11) is 0. The molecule has 0 saturated carbocycles. The zero-order chi connectivity index (χ0) is 11.7. The number of aromatic nitrogens is 2. The van der Waals surface area contributed by atoms with Gasteiger partial charge in [-0.2, -0.15) is 5.10 Å². The first-order valence-corrected chi connectivity index (χ1v) is 6.22. The minimum Gasteiger partial charge on any atom is -0.381 e. The summed E-state index contributed by atoms with van der Waals surface area (Å²) in [5, 5.41) is 14.6. The Morgan fingerprint density at radius 3 is 2.75 bits per heavy atom. The van der Waals surface area contributed by atoms with Crippen molar-refractivity contribution >= 4 is 11.3 Å². The van der Waals surface area contributed by atoms with Crippen LogP contribution in [-0.4, -0.2) is 14.9 Å². The van der Waals surface area contributed by atoms with Gasteiger partial charge in [-0.05, 0) is 39.0 Å².